The van der Waals surface area contributed by atoms with Crippen LogP contribution >= 0.6 is 0 Å². The monoisotopic (exact) mass is 555 g/mol. The molecule has 0 heterocycles. The van der Waals surface area contributed by atoms with Crippen LogP contribution in [0.1, 0.15) is 81.6 Å². The Morgan fingerprint density at radius 1 is 0.667 bits per heavy atom. The van der Waals surface area contributed by atoms with Gasteiger partial charge in [0.05, 0.1) is 12.1 Å². The summed E-state index contributed by atoms with van der Waals surface area (Å²) in [5.74, 6) is -6.03. The molecule has 0 spiro atoms. The molecule has 12 nitrogen and oxygen atoms in total. The number of hydrogen-bond donors (Lipinski definition) is 6. The Labute approximate surface area is 232 Å². The van der Waals surface area contributed by atoms with Gasteiger partial charge in [0.15, 0.2) is 0 Å². The maximum Gasteiger partial charge on any atom is 0.326 e. The van der Waals surface area contributed by atoms with Gasteiger partial charge in [-0.25, -0.2) is 4.79 Å². The Bertz CT molecular complexity index is 873. The van der Waals surface area contributed by atoms with Gasteiger partial charge in [0, 0.05) is 0 Å². The quantitative estimate of drug-likeness (QED) is 0.141. The number of nitrogens with one attached hydrogen (secondary N) is 4. The summed E-state index contributed by atoms with van der Waals surface area (Å²) in [5.41, 5.74) is 5.90. The molecule has 0 aromatic rings. The summed E-state index contributed by atoms with van der Waals surface area (Å²) in [6, 6.07) is -5.32. The summed E-state index contributed by atoms with van der Waals surface area (Å²) in [6.45, 7) is 15.7. The fraction of sp³-hybridized carbons (Fsp3) is 0.778. The third kappa shape index (κ3) is 12.1. The second kappa shape index (κ2) is 16.8. The van der Waals surface area contributed by atoms with Crippen molar-refractivity contribution in [2.24, 2.45) is 29.4 Å². The number of Topliss-reactive ketones (excluding diaryl/α,β-unsaturated/α-hetero) is 1. The Morgan fingerprint density at radius 3 is 1.59 bits per heavy atom. The fourth-order valence-corrected chi connectivity index (χ4v) is 3.76. The molecule has 0 saturated carbocycles. The standard InChI is InChI=1S/C27H49N5O7/c1-10-11-17(29-25(36)20(15(6)7)31-24(35)19(28)14(4)5)22(33)26(37)30-18(12-13(2)3)23(34)32-21(16(8)9)27(38)39/h13-21H,10-12,28H2,1-9H3,(H,29,36)(H,30,37)(H,31,35)(H,32,34)(H,38,39)/t17-,18-,19+,20+,21+/m1/s1. The third-order valence-electron chi connectivity index (χ3n) is 6.26. The van der Waals surface area contributed by atoms with E-state index in [4.69, 9.17) is 5.73 Å². The van der Waals surface area contributed by atoms with Crippen LogP contribution in [0, 0.1) is 23.7 Å². The van der Waals surface area contributed by atoms with Gasteiger partial charge in [-0.2, -0.15) is 0 Å². The maximum atomic E-state index is 13.1. The average Bonchev–Trinajstić information content (AvgIpc) is 2.82. The van der Waals surface area contributed by atoms with E-state index in [1.54, 1.807) is 48.5 Å². The molecule has 0 radical (unpaired) electrons. The highest BCUT2D eigenvalue weighted by atomic mass is 16.4. The predicted molar refractivity (Wildman–Crippen MR) is 147 cm³/mol. The lowest BCUT2D eigenvalue weighted by atomic mass is 9.98. The van der Waals surface area contributed by atoms with Crippen molar-refractivity contribution in [3.05, 3.63) is 0 Å². The Balaban J connectivity index is 5.71. The SMILES string of the molecule is CCC[C@@H](NC(=O)[C@@H](NC(=O)[C@@H](N)C(C)C)C(C)C)C(=O)C(=O)N[C@H](CC(C)C)C(=O)N[C@H](C(=O)O)C(C)C. The molecule has 0 fully saturated rings. The maximum absolute atomic E-state index is 13.1. The smallest absolute Gasteiger partial charge is 0.326 e. The topological polar surface area (TPSA) is 197 Å². The molecule has 0 aliphatic heterocycles. The van der Waals surface area contributed by atoms with Crippen molar-refractivity contribution in [1.82, 2.24) is 21.3 Å². The van der Waals surface area contributed by atoms with E-state index in [0.29, 0.717) is 6.42 Å². The van der Waals surface area contributed by atoms with Crippen molar-refractivity contribution in [2.75, 3.05) is 0 Å². The van der Waals surface area contributed by atoms with Crippen molar-refractivity contribution in [3.8, 4) is 0 Å². The van der Waals surface area contributed by atoms with Crippen molar-refractivity contribution in [2.45, 2.75) is 112 Å². The minimum absolute atomic E-state index is 0.0581. The zero-order chi connectivity index (χ0) is 30.6. The molecule has 0 aliphatic carbocycles. The lowest BCUT2D eigenvalue weighted by Crippen LogP contribution is -2.59. The van der Waals surface area contributed by atoms with Crippen LogP contribution in [0.5, 0.6) is 0 Å². The highest BCUT2D eigenvalue weighted by molar-refractivity contribution is 6.38. The number of nitrogens with two attached hydrogens (primary N) is 1. The lowest BCUT2D eigenvalue weighted by molar-refractivity contribution is -0.144. The number of ketones is 1. The summed E-state index contributed by atoms with van der Waals surface area (Å²) in [6.07, 6.45) is 0.779. The zero-order valence-electron chi connectivity index (χ0n) is 24.8. The zero-order valence-corrected chi connectivity index (χ0v) is 24.8. The van der Waals surface area contributed by atoms with Crippen LogP contribution in [0.15, 0.2) is 0 Å². The number of rotatable bonds is 17. The molecular weight excluding hydrogens is 506 g/mol. The Hall–Kier alpha value is -3.02. The van der Waals surface area contributed by atoms with E-state index in [2.05, 4.69) is 21.3 Å². The summed E-state index contributed by atoms with van der Waals surface area (Å²) < 4.78 is 0. The summed E-state index contributed by atoms with van der Waals surface area (Å²) in [7, 11) is 0. The Morgan fingerprint density at radius 2 is 1.18 bits per heavy atom. The van der Waals surface area contributed by atoms with Crippen LogP contribution in [-0.2, 0) is 28.8 Å². The number of carboxylic acids is 1. The van der Waals surface area contributed by atoms with Crippen molar-refractivity contribution < 1.29 is 33.9 Å². The highest BCUT2D eigenvalue weighted by Gasteiger charge is 2.35. The van der Waals surface area contributed by atoms with Crippen LogP contribution in [0.25, 0.3) is 0 Å². The largest absolute Gasteiger partial charge is 0.480 e. The van der Waals surface area contributed by atoms with E-state index >= 15 is 0 Å². The first kappa shape index (κ1) is 36.0. The molecule has 0 rings (SSSR count). The first-order valence-corrected chi connectivity index (χ1v) is 13.7. The minimum atomic E-state index is -1.21. The first-order chi connectivity index (χ1) is 17.9. The van der Waals surface area contributed by atoms with E-state index in [1.165, 1.54) is 0 Å². The Kier molecular flexibility index (Phi) is 15.5. The van der Waals surface area contributed by atoms with Crippen LogP contribution in [0.4, 0.5) is 0 Å². The second-order valence-corrected chi connectivity index (χ2v) is 11.4. The highest BCUT2D eigenvalue weighted by Crippen LogP contribution is 2.10. The molecule has 5 atom stereocenters. The summed E-state index contributed by atoms with van der Waals surface area (Å²) >= 11 is 0. The van der Waals surface area contributed by atoms with E-state index in [1.807, 2.05) is 13.8 Å². The van der Waals surface area contributed by atoms with E-state index in [0.717, 1.165) is 0 Å². The van der Waals surface area contributed by atoms with Gasteiger partial charge in [-0.05, 0) is 36.5 Å². The lowest BCUT2D eigenvalue weighted by Gasteiger charge is -2.27. The van der Waals surface area contributed by atoms with Crippen LogP contribution in [0.3, 0.4) is 0 Å². The van der Waals surface area contributed by atoms with Gasteiger partial charge in [-0.1, -0.05) is 68.7 Å². The molecule has 39 heavy (non-hydrogen) atoms. The van der Waals surface area contributed by atoms with E-state index in [9.17, 15) is 33.9 Å². The molecule has 0 aliphatic rings. The van der Waals surface area contributed by atoms with Gasteiger partial charge >= 0.3 is 5.97 Å². The molecule has 12 heteroatoms. The van der Waals surface area contributed by atoms with Gasteiger partial charge in [-0.15, -0.1) is 0 Å². The predicted octanol–water partition coefficient (Wildman–Crippen LogP) is 0.721. The van der Waals surface area contributed by atoms with Crippen LogP contribution in [0.2, 0.25) is 0 Å². The summed E-state index contributed by atoms with van der Waals surface area (Å²) in [4.78, 5) is 76.0. The number of carbonyl (C=O) groups excluding carboxylic acids is 5. The van der Waals surface area contributed by atoms with Gasteiger partial charge < -0.3 is 32.1 Å². The molecule has 0 bridgehead atoms. The average molecular weight is 556 g/mol. The third-order valence-corrected chi connectivity index (χ3v) is 6.26. The van der Waals surface area contributed by atoms with Gasteiger partial charge in [0.1, 0.15) is 18.1 Å². The molecule has 0 saturated heterocycles. The number of amides is 4. The molecule has 7 N–H and O–H groups in total. The fourth-order valence-electron chi connectivity index (χ4n) is 3.76. The van der Waals surface area contributed by atoms with Gasteiger partial charge in [0.25, 0.3) is 5.91 Å². The van der Waals surface area contributed by atoms with Crippen molar-refractivity contribution in [1.29, 1.82) is 0 Å². The molecule has 224 valence electrons. The molecule has 0 aromatic carbocycles. The normalized spacial score (nSPS) is 15.3. The van der Waals surface area contributed by atoms with Gasteiger partial charge in [0.2, 0.25) is 23.5 Å². The minimum Gasteiger partial charge on any atom is -0.480 e. The van der Waals surface area contributed by atoms with Gasteiger partial charge in [-0.3, -0.25) is 24.0 Å². The number of carboxylic acid groups (broad SMARTS) is 1. The number of aliphatic carboxylic acids is 1. The molecule has 0 aromatic heterocycles. The molecular formula is C27H49N5O7. The second-order valence-electron chi connectivity index (χ2n) is 11.4. The van der Waals surface area contributed by atoms with E-state index in [-0.39, 0.29) is 30.6 Å². The molecule has 4 amide bonds. The van der Waals surface area contributed by atoms with Crippen LogP contribution in [-0.4, -0.2) is 70.7 Å². The van der Waals surface area contributed by atoms with Crippen LogP contribution < -0.4 is 27.0 Å². The number of carbonyl (C=O) groups is 6. The molecule has 0 unspecified atom stereocenters. The first-order valence-electron chi connectivity index (χ1n) is 13.7. The van der Waals surface area contributed by atoms with E-state index < -0.39 is 71.5 Å². The summed E-state index contributed by atoms with van der Waals surface area (Å²) in [5, 5.41) is 19.5. The van der Waals surface area contributed by atoms with Crippen molar-refractivity contribution in [3.63, 3.8) is 0 Å². The number of hydrogen-bond acceptors (Lipinski definition) is 7. The van der Waals surface area contributed by atoms with Crippen molar-refractivity contribution >= 4 is 35.4 Å².